The molecule has 0 radical (unpaired) electrons. The highest BCUT2D eigenvalue weighted by Crippen LogP contribution is 2.47. The second kappa shape index (κ2) is 7.62. The molecule has 2 N–H and O–H groups in total. The number of H-pyrrole nitrogens is 1. The first-order chi connectivity index (χ1) is 14.4. The fraction of sp³-hybridized carbons (Fsp3) is 0.273. The first kappa shape index (κ1) is 19.6. The van der Waals surface area contributed by atoms with Crippen LogP contribution in [-0.4, -0.2) is 39.4 Å². The monoisotopic (exact) mass is 408 g/mol. The summed E-state index contributed by atoms with van der Waals surface area (Å²) in [5.74, 6) is -0.721. The third-order valence-electron chi connectivity index (χ3n) is 5.20. The molecule has 0 saturated heterocycles. The number of pyridine rings is 1. The fourth-order valence-electron chi connectivity index (χ4n) is 3.30. The van der Waals surface area contributed by atoms with E-state index < -0.39 is 17.4 Å². The van der Waals surface area contributed by atoms with Crippen LogP contribution in [0.15, 0.2) is 42.6 Å². The minimum atomic E-state index is -1.19. The average Bonchev–Trinajstić information content (AvgIpc) is 3.43. The van der Waals surface area contributed by atoms with Gasteiger partial charge in [-0.1, -0.05) is 12.1 Å². The van der Waals surface area contributed by atoms with Crippen LogP contribution in [0, 0.1) is 5.41 Å². The summed E-state index contributed by atoms with van der Waals surface area (Å²) in [6, 6.07) is 10.2. The van der Waals surface area contributed by atoms with Crippen molar-refractivity contribution in [1.29, 1.82) is 0 Å². The topological polar surface area (TPSA) is 119 Å². The van der Waals surface area contributed by atoms with Crippen LogP contribution in [0.25, 0.3) is 11.0 Å². The zero-order chi connectivity index (χ0) is 21.3. The highest BCUT2D eigenvalue weighted by molar-refractivity contribution is 6.06. The Morgan fingerprint density at radius 1 is 1.17 bits per heavy atom. The molecular weight excluding hydrogens is 388 g/mol. The predicted octanol–water partition coefficient (Wildman–Crippen LogP) is 3.51. The maximum Gasteiger partial charge on any atom is 0.354 e. The molecule has 0 unspecified atom stereocenters. The molecule has 8 heteroatoms. The molecular formula is C22H20N2O6. The number of carbonyl (C=O) groups excluding carboxylic acids is 2. The van der Waals surface area contributed by atoms with Gasteiger partial charge >= 0.3 is 11.9 Å². The third kappa shape index (κ3) is 3.63. The number of carboxylic acids is 1. The molecule has 1 aliphatic carbocycles. The molecule has 0 amide bonds. The molecule has 1 saturated carbocycles. The Labute approximate surface area is 171 Å². The Morgan fingerprint density at radius 2 is 1.90 bits per heavy atom. The third-order valence-corrected chi connectivity index (χ3v) is 5.20. The highest BCUT2D eigenvalue weighted by atomic mass is 16.5. The van der Waals surface area contributed by atoms with Crippen molar-refractivity contribution in [2.75, 3.05) is 6.61 Å². The van der Waals surface area contributed by atoms with Gasteiger partial charge < -0.3 is 19.6 Å². The number of aliphatic carboxylic acids is 1. The van der Waals surface area contributed by atoms with Crippen molar-refractivity contribution in [3.63, 3.8) is 0 Å². The SMILES string of the molecule is CCOC(=O)c1cc2c(Oc3ccc(CC(=O)C4(C(=O)O)CC4)cc3)ccnc2[nH]1. The van der Waals surface area contributed by atoms with E-state index in [0.29, 0.717) is 35.4 Å². The lowest BCUT2D eigenvalue weighted by Gasteiger charge is -2.10. The first-order valence-corrected chi connectivity index (χ1v) is 9.61. The molecule has 2 aromatic heterocycles. The Bertz CT molecular complexity index is 1130. The maximum atomic E-state index is 12.3. The number of ether oxygens (including phenoxy) is 2. The van der Waals surface area contributed by atoms with Crippen LogP contribution in [0.3, 0.4) is 0 Å². The second-order valence-electron chi connectivity index (χ2n) is 7.21. The minimum Gasteiger partial charge on any atom is -0.480 e. The van der Waals surface area contributed by atoms with E-state index in [1.807, 2.05) is 0 Å². The Morgan fingerprint density at radius 3 is 2.53 bits per heavy atom. The number of nitrogens with zero attached hydrogens (tertiary/aromatic N) is 1. The number of hydrogen-bond acceptors (Lipinski definition) is 6. The first-order valence-electron chi connectivity index (χ1n) is 9.61. The number of rotatable bonds is 8. The van der Waals surface area contributed by atoms with Gasteiger partial charge in [0.2, 0.25) is 0 Å². The standard InChI is InChI=1S/C22H20N2O6/c1-2-29-20(26)16-12-15-17(7-10-23-19(15)24-16)30-14-5-3-13(4-6-14)11-18(25)22(8-9-22)21(27)28/h3-7,10,12H,2,8-9,11H2,1H3,(H,23,24)(H,27,28). The van der Waals surface area contributed by atoms with Crippen molar-refractivity contribution in [3.8, 4) is 11.5 Å². The van der Waals surface area contributed by atoms with E-state index in [2.05, 4.69) is 9.97 Å². The van der Waals surface area contributed by atoms with Crippen LogP contribution in [0.5, 0.6) is 11.5 Å². The second-order valence-corrected chi connectivity index (χ2v) is 7.21. The van der Waals surface area contributed by atoms with Crippen molar-refractivity contribution in [3.05, 3.63) is 53.9 Å². The number of fused-ring (bicyclic) bond motifs is 1. The highest BCUT2D eigenvalue weighted by Gasteiger charge is 2.56. The lowest BCUT2D eigenvalue weighted by molar-refractivity contribution is -0.148. The lowest BCUT2D eigenvalue weighted by atomic mass is 9.95. The Balaban J connectivity index is 1.49. The largest absolute Gasteiger partial charge is 0.480 e. The number of ketones is 1. The zero-order valence-electron chi connectivity index (χ0n) is 16.3. The van der Waals surface area contributed by atoms with Gasteiger partial charge in [0.15, 0.2) is 5.78 Å². The van der Waals surface area contributed by atoms with Gasteiger partial charge in [-0.25, -0.2) is 9.78 Å². The van der Waals surface area contributed by atoms with Gasteiger partial charge in [-0.3, -0.25) is 9.59 Å². The summed E-state index contributed by atoms with van der Waals surface area (Å²) in [6.07, 6.45) is 2.46. The smallest absolute Gasteiger partial charge is 0.354 e. The van der Waals surface area contributed by atoms with E-state index in [4.69, 9.17) is 9.47 Å². The quantitative estimate of drug-likeness (QED) is 0.432. The van der Waals surface area contributed by atoms with Gasteiger partial charge in [0.1, 0.15) is 28.3 Å². The van der Waals surface area contributed by atoms with E-state index in [0.717, 1.165) is 5.56 Å². The molecule has 0 bridgehead atoms. The van der Waals surface area contributed by atoms with Gasteiger partial charge in [-0.2, -0.15) is 0 Å². The van der Waals surface area contributed by atoms with Crippen LogP contribution >= 0.6 is 0 Å². The van der Waals surface area contributed by atoms with E-state index in [-0.39, 0.29) is 24.5 Å². The molecule has 30 heavy (non-hydrogen) atoms. The number of benzene rings is 1. The number of nitrogens with one attached hydrogen (secondary N) is 1. The lowest BCUT2D eigenvalue weighted by Crippen LogP contribution is -2.26. The zero-order valence-corrected chi connectivity index (χ0v) is 16.3. The van der Waals surface area contributed by atoms with Gasteiger partial charge in [-0.05, 0) is 49.6 Å². The van der Waals surface area contributed by atoms with E-state index in [9.17, 15) is 19.5 Å². The summed E-state index contributed by atoms with van der Waals surface area (Å²) in [5.41, 5.74) is 0.326. The van der Waals surface area contributed by atoms with Crippen LogP contribution in [-0.2, 0) is 20.7 Å². The molecule has 3 aromatic rings. The van der Waals surface area contributed by atoms with Crippen molar-refractivity contribution in [1.82, 2.24) is 9.97 Å². The number of carbonyl (C=O) groups is 3. The van der Waals surface area contributed by atoms with Gasteiger partial charge in [0.05, 0.1) is 12.0 Å². The summed E-state index contributed by atoms with van der Waals surface area (Å²) in [6.45, 7) is 2.00. The van der Waals surface area contributed by atoms with E-state index in [1.54, 1.807) is 49.5 Å². The average molecular weight is 408 g/mol. The number of aromatic amines is 1. The number of Topliss-reactive ketones (excluding diaryl/α,β-unsaturated/α-hetero) is 1. The van der Waals surface area contributed by atoms with Crippen molar-refractivity contribution in [2.45, 2.75) is 26.2 Å². The molecule has 0 aliphatic heterocycles. The Hall–Kier alpha value is -3.68. The molecule has 1 aliphatic rings. The molecule has 0 atom stereocenters. The van der Waals surface area contributed by atoms with Crippen LogP contribution in [0.4, 0.5) is 0 Å². The number of carboxylic acid groups (broad SMARTS) is 1. The van der Waals surface area contributed by atoms with Crippen molar-refractivity contribution in [2.24, 2.45) is 5.41 Å². The maximum absolute atomic E-state index is 12.3. The molecule has 154 valence electrons. The summed E-state index contributed by atoms with van der Waals surface area (Å²) in [7, 11) is 0. The van der Waals surface area contributed by atoms with Gasteiger partial charge in [0, 0.05) is 12.6 Å². The molecule has 1 aromatic carbocycles. The predicted molar refractivity (Wildman–Crippen MR) is 107 cm³/mol. The fourth-order valence-corrected chi connectivity index (χ4v) is 3.30. The number of esters is 1. The van der Waals surface area contributed by atoms with Crippen LogP contribution < -0.4 is 4.74 Å². The summed E-state index contributed by atoms with van der Waals surface area (Å²) in [5, 5.41) is 9.87. The summed E-state index contributed by atoms with van der Waals surface area (Å²) in [4.78, 5) is 42.6. The van der Waals surface area contributed by atoms with E-state index >= 15 is 0 Å². The van der Waals surface area contributed by atoms with Gasteiger partial charge in [0.25, 0.3) is 0 Å². The number of aromatic nitrogens is 2. The summed E-state index contributed by atoms with van der Waals surface area (Å²) < 4.78 is 10.9. The normalized spacial score (nSPS) is 14.3. The van der Waals surface area contributed by atoms with E-state index in [1.165, 1.54) is 0 Å². The van der Waals surface area contributed by atoms with Crippen LogP contribution in [0.1, 0.15) is 35.8 Å². The molecule has 4 rings (SSSR count). The molecule has 8 nitrogen and oxygen atoms in total. The van der Waals surface area contributed by atoms with Crippen LogP contribution in [0.2, 0.25) is 0 Å². The minimum absolute atomic E-state index is 0.0762. The van der Waals surface area contributed by atoms with Gasteiger partial charge in [-0.15, -0.1) is 0 Å². The summed E-state index contributed by atoms with van der Waals surface area (Å²) >= 11 is 0. The molecule has 1 fully saturated rings. The Kier molecular flexibility index (Phi) is 4.99. The molecule has 0 spiro atoms. The van der Waals surface area contributed by atoms with Crippen molar-refractivity contribution < 1.29 is 29.0 Å². The van der Waals surface area contributed by atoms with Crippen molar-refractivity contribution >= 4 is 28.8 Å². The number of hydrogen-bond donors (Lipinski definition) is 2. The molecule has 2 heterocycles.